The van der Waals surface area contributed by atoms with Crippen LogP contribution >= 0.6 is 0 Å². The van der Waals surface area contributed by atoms with Gasteiger partial charge in [-0.2, -0.15) is 0 Å². The van der Waals surface area contributed by atoms with E-state index >= 15 is 0 Å². The Morgan fingerprint density at radius 2 is 2.16 bits per heavy atom. The second-order valence-electron chi connectivity index (χ2n) is 5.18. The molecule has 7 heteroatoms. The number of oxime groups is 1. The molecule has 2 fully saturated rings. The Hall–Kier alpha value is -1.34. The molecule has 108 valence electrons. The van der Waals surface area contributed by atoms with Crippen molar-refractivity contribution < 1.29 is 19.8 Å². The minimum absolute atomic E-state index is 0.0156. The van der Waals surface area contributed by atoms with Crippen LogP contribution in [-0.4, -0.2) is 59.4 Å². The van der Waals surface area contributed by atoms with Gasteiger partial charge in [0.15, 0.2) is 5.84 Å². The van der Waals surface area contributed by atoms with Crippen molar-refractivity contribution in [2.45, 2.75) is 31.7 Å². The Bertz CT molecular complexity index is 366. The van der Waals surface area contributed by atoms with E-state index in [0.29, 0.717) is 32.6 Å². The van der Waals surface area contributed by atoms with Gasteiger partial charge in [0.2, 0.25) is 5.91 Å². The lowest BCUT2D eigenvalue weighted by atomic mass is 9.82. The highest BCUT2D eigenvalue weighted by molar-refractivity contribution is 6.07. The van der Waals surface area contributed by atoms with Crippen molar-refractivity contribution in [1.29, 1.82) is 0 Å². The quantitative estimate of drug-likeness (QED) is 0.278. The molecule has 1 atom stereocenters. The Kier molecular flexibility index (Phi) is 4.26. The normalized spacial score (nSPS) is 27.5. The van der Waals surface area contributed by atoms with Crippen molar-refractivity contribution in [3.63, 3.8) is 0 Å². The van der Waals surface area contributed by atoms with Crippen molar-refractivity contribution in [3.05, 3.63) is 0 Å². The first-order valence-electron chi connectivity index (χ1n) is 6.63. The molecule has 0 spiro atoms. The van der Waals surface area contributed by atoms with Gasteiger partial charge in [-0.15, -0.1) is 0 Å². The summed E-state index contributed by atoms with van der Waals surface area (Å²) in [5.41, 5.74) is 4.86. The van der Waals surface area contributed by atoms with Crippen LogP contribution in [0.4, 0.5) is 0 Å². The van der Waals surface area contributed by atoms with Gasteiger partial charge in [0.25, 0.3) is 0 Å². The summed E-state index contributed by atoms with van der Waals surface area (Å²) in [5, 5.41) is 21.4. The SMILES string of the molecule is NC(=NO)C1(C(=O)N2CCOCC2CO)CCCC1. The molecule has 7 nitrogen and oxygen atoms in total. The molecule has 0 aromatic heterocycles. The van der Waals surface area contributed by atoms with Gasteiger partial charge >= 0.3 is 0 Å². The van der Waals surface area contributed by atoms with E-state index in [1.807, 2.05) is 0 Å². The van der Waals surface area contributed by atoms with Gasteiger partial charge < -0.3 is 25.7 Å². The number of ether oxygens (including phenoxy) is 1. The summed E-state index contributed by atoms with van der Waals surface area (Å²) in [5.74, 6) is -0.166. The van der Waals surface area contributed by atoms with Crippen molar-refractivity contribution in [3.8, 4) is 0 Å². The molecule has 2 rings (SSSR count). The summed E-state index contributed by atoms with van der Waals surface area (Å²) in [7, 11) is 0. The summed E-state index contributed by atoms with van der Waals surface area (Å²) in [6.45, 7) is 1.07. The highest BCUT2D eigenvalue weighted by atomic mass is 16.5. The number of nitrogens with two attached hydrogens (primary N) is 1. The van der Waals surface area contributed by atoms with Gasteiger partial charge in [-0.3, -0.25) is 4.79 Å². The zero-order valence-corrected chi connectivity index (χ0v) is 10.9. The molecule has 19 heavy (non-hydrogen) atoms. The maximum Gasteiger partial charge on any atom is 0.237 e. The van der Waals surface area contributed by atoms with Crippen LogP contribution in [0, 0.1) is 5.41 Å². The minimum Gasteiger partial charge on any atom is -0.409 e. The number of morpholine rings is 1. The van der Waals surface area contributed by atoms with E-state index in [9.17, 15) is 9.90 Å². The van der Waals surface area contributed by atoms with Crippen LogP contribution < -0.4 is 5.73 Å². The molecule has 4 N–H and O–H groups in total. The number of amidine groups is 1. The summed E-state index contributed by atoms with van der Waals surface area (Å²) in [6, 6.07) is -0.342. The van der Waals surface area contributed by atoms with Crippen LogP contribution in [0.2, 0.25) is 0 Å². The van der Waals surface area contributed by atoms with Crippen molar-refractivity contribution in [2.75, 3.05) is 26.4 Å². The zero-order valence-electron chi connectivity index (χ0n) is 10.9. The van der Waals surface area contributed by atoms with E-state index in [-0.39, 0.29) is 24.4 Å². The second kappa shape index (κ2) is 5.75. The third-order valence-electron chi connectivity index (χ3n) is 4.16. The van der Waals surface area contributed by atoms with Gasteiger partial charge in [-0.1, -0.05) is 18.0 Å². The fourth-order valence-electron chi connectivity index (χ4n) is 3.00. The zero-order chi connectivity index (χ0) is 13.9. The monoisotopic (exact) mass is 271 g/mol. The van der Waals surface area contributed by atoms with Crippen LogP contribution in [0.25, 0.3) is 0 Å². The minimum atomic E-state index is -0.903. The highest BCUT2D eigenvalue weighted by Crippen LogP contribution is 2.40. The van der Waals surface area contributed by atoms with E-state index < -0.39 is 5.41 Å². The third kappa shape index (κ3) is 2.40. The molecule has 1 heterocycles. The largest absolute Gasteiger partial charge is 0.409 e. The number of nitrogens with zero attached hydrogens (tertiary/aromatic N) is 2. The molecule has 1 aliphatic carbocycles. The maximum atomic E-state index is 12.8. The third-order valence-corrected chi connectivity index (χ3v) is 4.16. The number of hydrogen-bond donors (Lipinski definition) is 3. The lowest BCUT2D eigenvalue weighted by Gasteiger charge is -2.40. The smallest absolute Gasteiger partial charge is 0.237 e. The summed E-state index contributed by atoms with van der Waals surface area (Å²) < 4.78 is 5.27. The summed E-state index contributed by atoms with van der Waals surface area (Å²) in [4.78, 5) is 14.4. The van der Waals surface area contributed by atoms with E-state index in [2.05, 4.69) is 5.16 Å². The lowest BCUT2D eigenvalue weighted by molar-refractivity contribution is -0.148. The molecule has 0 aromatic rings. The van der Waals surface area contributed by atoms with E-state index in [0.717, 1.165) is 12.8 Å². The van der Waals surface area contributed by atoms with E-state index in [4.69, 9.17) is 15.7 Å². The summed E-state index contributed by atoms with van der Waals surface area (Å²) >= 11 is 0. The van der Waals surface area contributed by atoms with Crippen molar-refractivity contribution in [2.24, 2.45) is 16.3 Å². The first-order chi connectivity index (χ1) is 9.15. The van der Waals surface area contributed by atoms with Crippen LogP contribution in [-0.2, 0) is 9.53 Å². The number of hydrogen-bond acceptors (Lipinski definition) is 5. The fraction of sp³-hybridized carbons (Fsp3) is 0.833. The average molecular weight is 271 g/mol. The Morgan fingerprint density at radius 3 is 2.74 bits per heavy atom. The van der Waals surface area contributed by atoms with Crippen LogP contribution in [0.15, 0.2) is 5.16 Å². The van der Waals surface area contributed by atoms with Crippen LogP contribution in [0.5, 0.6) is 0 Å². The number of amides is 1. The molecular weight excluding hydrogens is 250 g/mol. The first-order valence-corrected chi connectivity index (χ1v) is 6.63. The molecule has 0 aromatic carbocycles. The molecular formula is C12H21N3O4. The van der Waals surface area contributed by atoms with Gasteiger partial charge in [-0.25, -0.2) is 0 Å². The number of rotatable bonds is 3. The number of carbonyl (C=O) groups is 1. The van der Waals surface area contributed by atoms with Gasteiger partial charge in [0, 0.05) is 6.54 Å². The lowest BCUT2D eigenvalue weighted by Crippen LogP contribution is -2.57. The van der Waals surface area contributed by atoms with Crippen LogP contribution in [0.1, 0.15) is 25.7 Å². The van der Waals surface area contributed by atoms with Gasteiger partial charge in [0.1, 0.15) is 5.41 Å². The number of aliphatic hydroxyl groups excluding tert-OH is 1. The van der Waals surface area contributed by atoms with Crippen molar-refractivity contribution in [1.82, 2.24) is 4.90 Å². The Balaban J connectivity index is 2.24. The molecule has 2 aliphatic rings. The molecule has 1 saturated heterocycles. The Labute approximate surface area is 112 Å². The molecule has 0 bridgehead atoms. The number of carbonyl (C=O) groups excluding carboxylic acids is 1. The van der Waals surface area contributed by atoms with E-state index in [1.165, 1.54) is 0 Å². The molecule has 1 unspecified atom stereocenters. The van der Waals surface area contributed by atoms with Gasteiger partial charge in [0.05, 0.1) is 25.9 Å². The standard InChI is InChI=1S/C12H21N3O4/c13-10(14-18)12(3-1-2-4-12)11(17)15-5-6-19-8-9(15)7-16/h9,16,18H,1-8H2,(H2,13,14). The van der Waals surface area contributed by atoms with Crippen LogP contribution in [0.3, 0.4) is 0 Å². The maximum absolute atomic E-state index is 12.8. The highest BCUT2D eigenvalue weighted by Gasteiger charge is 2.49. The molecule has 1 aliphatic heterocycles. The van der Waals surface area contributed by atoms with E-state index in [1.54, 1.807) is 4.90 Å². The predicted octanol–water partition coefficient (Wildman–Crippen LogP) is -0.487. The fourth-order valence-corrected chi connectivity index (χ4v) is 3.00. The predicted molar refractivity (Wildman–Crippen MR) is 67.7 cm³/mol. The molecule has 1 saturated carbocycles. The van der Waals surface area contributed by atoms with Gasteiger partial charge in [-0.05, 0) is 12.8 Å². The topological polar surface area (TPSA) is 108 Å². The van der Waals surface area contributed by atoms with Crippen molar-refractivity contribution >= 4 is 11.7 Å². The average Bonchev–Trinajstić information content (AvgIpc) is 2.96. The second-order valence-corrected chi connectivity index (χ2v) is 5.18. The summed E-state index contributed by atoms with van der Waals surface area (Å²) in [6.07, 6.45) is 2.96. The number of aliphatic hydroxyl groups is 1. The first kappa shape index (κ1) is 14.1. The molecule has 1 amide bonds. The Morgan fingerprint density at radius 1 is 1.47 bits per heavy atom. The molecule has 0 radical (unpaired) electrons.